The van der Waals surface area contributed by atoms with E-state index in [1.165, 1.54) is 0 Å². The fourth-order valence-corrected chi connectivity index (χ4v) is 2.76. The van der Waals surface area contributed by atoms with Crippen molar-refractivity contribution < 1.29 is 9.90 Å². The van der Waals surface area contributed by atoms with E-state index >= 15 is 0 Å². The van der Waals surface area contributed by atoms with Crippen molar-refractivity contribution in [3.8, 4) is 0 Å². The van der Waals surface area contributed by atoms with Crippen molar-refractivity contribution in [1.82, 2.24) is 0 Å². The molecule has 0 aromatic rings. The minimum Gasteiger partial charge on any atom is -0.392 e. The zero-order valence-corrected chi connectivity index (χ0v) is 8.09. The van der Waals surface area contributed by atoms with Gasteiger partial charge in [0.15, 0.2) is 0 Å². The minimum absolute atomic E-state index is 0.0615. The Morgan fingerprint density at radius 2 is 1.75 bits per heavy atom. The van der Waals surface area contributed by atoms with Crippen LogP contribution >= 0.6 is 0 Å². The van der Waals surface area contributed by atoms with Crippen LogP contribution in [-0.4, -0.2) is 17.0 Å². The second kappa shape index (κ2) is 1.77. The van der Waals surface area contributed by atoms with E-state index in [1.54, 1.807) is 0 Å². The predicted molar refractivity (Wildman–Crippen MR) is 45.6 cm³/mol. The lowest BCUT2D eigenvalue weighted by Crippen LogP contribution is -2.36. The van der Waals surface area contributed by atoms with E-state index in [-0.39, 0.29) is 23.0 Å². The minimum atomic E-state index is -0.495. The lowest BCUT2D eigenvalue weighted by Gasteiger charge is -2.27. The summed E-state index contributed by atoms with van der Waals surface area (Å²) in [5.74, 6) is 0.604. The first-order chi connectivity index (χ1) is 5.31. The molecule has 0 amide bonds. The van der Waals surface area contributed by atoms with Gasteiger partial charge in [-0.25, -0.2) is 0 Å². The van der Waals surface area contributed by atoms with Crippen LogP contribution < -0.4 is 0 Å². The summed E-state index contributed by atoms with van der Waals surface area (Å²) in [5.41, 5.74) is -0.434. The molecule has 12 heavy (non-hydrogen) atoms. The third kappa shape index (κ3) is 0.634. The number of rotatable bonds is 0. The molecule has 0 aromatic carbocycles. The Kier molecular flexibility index (Phi) is 1.21. The van der Waals surface area contributed by atoms with Crippen LogP contribution in [0.2, 0.25) is 0 Å². The fourth-order valence-electron chi connectivity index (χ4n) is 2.76. The van der Waals surface area contributed by atoms with E-state index in [1.807, 2.05) is 13.8 Å². The van der Waals surface area contributed by atoms with Gasteiger partial charge in [0.1, 0.15) is 5.78 Å². The summed E-state index contributed by atoms with van der Waals surface area (Å²) in [7, 11) is 0. The van der Waals surface area contributed by atoms with Gasteiger partial charge in [-0.05, 0) is 5.41 Å². The number of carbonyl (C=O) groups is 1. The molecule has 68 valence electrons. The molecule has 1 N–H and O–H groups in total. The molecule has 0 heterocycles. The fraction of sp³-hybridized carbons (Fsp3) is 0.900. The smallest absolute Gasteiger partial charge is 0.145 e. The maximum atomic E-state index is 11.7. The Labute approximate surface area is 73.0 Å². The first kappa shape index (κ1) is 8.24. The zero-order chi connectivity index (χ0) is 9.31. The van der Waals surface area contributed by atoms with Crippen molar-refractivity contribution in [3.63, 3.8) is 0 Å². The van der Waals surface area contributed by atoms with Crippen LogP contribution in [-0.2, 0) is 4.79 Å². The highest BCUT2D eigenvalue weighted by Gasteiger charge is 2.74. The van der Waals surface area contributed by atoms with Gasteiger partial charge < -0.3 is 5.11 Å². The molecule has 2 fully saturated rings. The number of carbonyl (C=O) groups excluding carboxylic acids is 1. The van der Waals surface area contributed by atoms with Crippen LogP contribution in [0.1, 0.15) is 27.7 Å². The highest BCUT2D eigenvalue weighted by Crippen LogP contribution is 2.69. The topological polar surface area (TPSA) is 37.3 Å². The van der Waals surface area contributed by atoms with Crippen molar-refractivity contribution in [3.05, 3.63) is 0 Å². The number of ketones is 1. The molecule has 2 saturated carbocycles. The number of Topliss-reactive ketones (excluding diaryl/α,β-unsaturated/α-hetero) is 1. The molecule has 0 bridgehead atoms. The van der Waals surface area contributed by atoms with Crippen LogP contribution in [0, 0.1) is 22.7 Å². The number of hydrogen-bond acceptors (Lipinski definition) is 2. The molecule has 0 aliphatic heterocycles. The number of aliphatic hydroxyl groups excluding tert-OH is 1. The Balaban J connectivity index is 2.34. The monoisotopic (exact) mass is 168 g/mol. The summed E-state index contributed by atoms with van der Waals surface area (Å²) in [5, 5.41) is 9.85. The van der Waals surface area contributed by atoms with Crippen molar-refractivity contribution >= 4 is 5.78 Å². The summed E-state index contributed by atoms with van der Waals surface area (Å²) < 4.78 is 0. The molecule has 0 aromatic heterocycles. The summed E-state index contributed by atoms with van der Waals surface area (Å²) in [6, 6.07) is 0. The van der Waals surface area contributed by atoms with Gasteiger partial charge in [-0.15, -0.1) is 0 Å². The molecule has 2 nitrogen and oxygen atoms in total. The Morgan fingerprint density at radius 1 is 1.25 bits per heavy atom. The standard InChI is InChI=1S/C10H16O2/c1-9(2)5-6(9)8(12)10(3,4)7(5)11/h5-7,11H,1-4H3. The number of fused-ring (bicyclic) bond motifs is 1. The molecule has 3 unspecified atom stereocenters. The number of hydrogen-bond donors (Lipinski definition) is 1. The molecule has 2 aliphatic carbocycles. The van der Waals surface area contributed by atoms with Crippen LogP contribution in [0.25, 0.3) is 0 Å². The molecule has 3 atom stereocenters. The highest BCUT2D eigenvalue weighted by molar-refractivity contribution is 5.94. The molecule has 2 aliphatic rings. The summed E-state index contributed by atoms with van der Waals surface area (Å²) >= 11 is 0. The largest absolute Gasteiger partial charge is 0.392 e. The van der Waals surface area contributed by atoms with Crippen LogP contribution in [0.3, 0.4) is 0 Å². The molecule has 2 heteroatoms. The van der Waals surface area contributed by atoms with Gasteiger partial charge in [0.05, 0.1) is 6.10 Å². The Morgan fingerprint density at radius 3 is 2.00 bits per heavy atom. The average molecular weight is 168 g/mol. The summed E-state index contributed by atoms with van der Waals surface area (Å²) in [4.78, 5) is 11.7. The lowest BCUT2D eigenvalue weighted by molar-refractivity contribution is -0.131. The quantitative estimate of drug-likeness (QED) is 0.590. The van der Waals surface area contributed by atoms with Gasteiger partial charge in [-0.3, -0.25) is 4.79 Å². The van der Waals surface area contributed by atoms with Crippen molar-refractivity contribution in [1.29, 1.82) is 0 Å². The van der Waals surface area contributed by atoms with E-state index < -0.39 is 11.5 Å². The van der Waals surface area contributed by atoms with Crippen molar-refractivity contribution in [2.24, 2.45) is 22.7 Å². The lowest BCUT2D eigenvalue weighted by atomic mass is 9.79. The van der Waals surface area contributed by atoms with E-state index in [4.69, 9.17) is 0 Å². The SMILES string of the molecule is CC1(C)C(=O)C2C(C1O)C2(C)C. The van der Waals surface area contributed by atoms with Crippen molar-refractivity contribution in [2.45, 2.75) is 33.8 Å². The maximum absolute atomic E-state index is 11.7. The molecular weight excluding hydrogens is 152 g/mol. The molecule has 0 radical (unpaired) electrons. The molecule has 0 saturated heterocycles. The third-order valence-electron chi connectivity index (χ3n) is 3.91. The normalized spacial score (nSPS) is 47.4. The Bertz CT molecular complexity index is 253. The highest BCUT2D eigenvalue weighted by atomic mass is 16.3. The predicted octanol–water partition coefficient (Wildman–Crippen LogP) is 1.23. The maximum Gasteiger partial charge on any atom is 0.145 e. The van der Waals surface area contributed by atoms with Gasteiger partial charge in [0.25, 0.3) is 0 Å². The van der Waals surface area contributed by atoms with Crippen LogP contribution in [0.5, 0.6) is 0 Å². The number of aliphatic hydroxyl groups is 1. The van der Waals surface area contributed by atoms with E-state index in [9.17, 15) is 9.90 Å². The van der Waals surface area contributed by atoms with E-state index in [0.717, 1.165) is 0 Å². The van der Waals surface area contributed by atoms with Crippen molar-refractivity contribution in [2.75, 3.05) is 0 Å². The second-order valence-corrected chi connectivity index (χ2v) is 5.36. The first-order valence-corrected chi connectivity index (χ1v) is 4.53. The second-order valence-electron chi connectivity index (χ2n) is 5.36. The Hall–Kier alpha value is -0.370. The molecule has 0 spiro atoms. The molecular formula is C10H16O2. The summed E-state index contributed by atoms with van der Waals surface area (Å²) in [6.07, 6.45) is -0.426. The first-order valence-electron chi connectivity index (χ1n) is 4.53. The van der Waals surface area contributed by atoms with Gasteiger partial charge in [-0.1, -0.05) is 27.7 Å². The molecule has 2 rings (SSSR count). The average Bonchev–Trinajstić information content (AvgIpc) is 2.42. The van der Waals surface area contributed by atoms with E-state index in [0.29, 0.717) is 0 Å². The van der Waals surface area contributed by atoms with E-state index in [2.05, 4.69) is 13.8 Å². The summed E-state index contributed by atoms with van der Waals surface area (Å²) in [6.45, 7) is 7.84. The third-order valence-corrected chi connectivity index (χ3v) is 3.91. The van der Waals surface area contributed by atoms with Gasteiger partial charge >= 0.3 is 0 Å². The van der Waals surface area contributed by atoms with Gasteiger partial charge in [0, 0.05) is 17.3 Å². The van der Waals surface area contributed by atoms with Crippen LogP contribution in [0.15, 0.2) is 0 Å². The van der Waals surface area contributed by atoms with Gasteiger partial charge in [0.2, 0.25) is 0 Å². The van der Waals surface area contributed by atoms with Gasteiger partial charge in [-0.2, -0.15) is 0 Å². The van der Waals surface area contributed by atoms with Crippen LogP contribution in [0.4, 0.5) is 0 Å². The zero-order valence-electron chi connectivity index (χ0n) is 8.09.